The highest BCUT2D eigenvalue weighted by Gasteiger charge is 2.33. The number of ether oxygens (including phenoxy) is 2. The molecule has 0 aromatic carbocycles. The highest BCUT2D eigenvalue weighted by Crippen LogP contribution is 2.27. The van der Waals surface area contributed by atoms with Crippen LogP contribution in [0.25, 0.3) is 0 Å². The van der Waals surface area contributed by atoms with Crippen molar-refractivity contribution >= 4 is 17.6 Å². The van der Waals surface area contributed by atoms with Gasteiger partial charge in [-0.15, -0.1) is 24.8 Å². The van der Waals surface area contributed by atoms with Crippen molar-refractivity contribution in [2.24, 2.45) is 0 Å². The molecule has 1 aromatic heterocycles. The molecule has 19 heavy (non-hydrogen) atoms. The number of aromatic nitrogens is 1. The Morgan fingerprint density at radius 3 is 2.58 bits per heavy atom. The van der Waals surface area contributed by atoms with Crippen LogP contribution in [0.4, 0.5) is 17.6 Å². The van der Waals surface area contributed by atoms with E-state index < -0.39 is 30.4 Å². The second-order valence-corrected chi connectivity index (χ2v) is 3.58. The molecule has 0 saturated heterocycles. The molecule has 0 amide bonds. The second-order valence-electron chi connectivity index (χ2n) is 3.32. The van der Waals surface area contributed by atoms with Crippen molar-refractivity contribution in [3.8, 4) is 5.75 Å². The Bertz CT molecular complexity index is 479. The van der Waals surface area contributed by atoms with Crippen LogP contribution in [0.1, 0.15) is 11.3 Å². The van der Waals surface area contributed by atoms with Crippen LogP contribution in [0, 0.1) is 5.95 Å². The van der Waals surface area contributed by atoms with Crippen LogP contribution in [-0.2, 0) is 21.8 Å². The lowest BCUT2D eigenvalue weighted by Gasteiger charge is -2.12. The van der Waals surface area contributed by atoms with E-state index >= 15 is 0 Å². The van der Waals surface area contributed by atoms with Gasteiger partial charge in [-0.1, -0.05) is 0 Å². The third-order valence-corrected chi connectivity index (χ3v) is 2.31. The molecule has 0 aliphatic rings. The number of hydrogen-bond acceptors (Lipinski definition) is 4. The summed E-state index contributed by atoms with van der Waals surface area (Å²) in [6.45, 7) is 0. The largest absolute Gasteiger partial charge is 0.573 e. The normalized spacial score (nSPS) is 11.3. The fourth-order valence-electron chi connectivity index (χ4n) is 1.22. The summed E-state index contributed by atoms with van der Waals surface area (Å²) in [6, 6.07) is 0.751. The molecule has 0 aliphatic heterocycles. The molecule has 0 aliphatic carbocycles. The summed E-state index contributed by atoms with van der Waals surface area (Å²) in [5.74, 6) is -3.56. The Morgan fingerprint density at radius 2 is 2.11 bits per heavy atom. The summed E-state index contributed by atoms with van der Waals surface area (Å²) in [4.78, 5) is 14.3. The molecule has 4 nitrogen and oxygen atoms in total. The minimum Gasteiger partial charge on any atom is -0.469 e. The lowest BCUT2D eigenvalue weighted by Crippen LogP contribution is -2.19. The van der Waals surface area contributed by atoms with Gasteiger partial charge < -0.3 is 9.47 Å². The predicted octanol–water partition coefficient (Wildman–Crippen LogP) is 2.57. The summed E-state index contributed by atoms with van der Waals surface area (Å²) in [5.41, 5.74) is -0.0541. The third-order valence-electron chi connectivity index (χ3n) is 2.02. The average molecular weight is 302 g/mol. The Morgan fingerprint density at radius 1 is 1.47 bits per heavy atom. The Hall–Kier alpha value is -1.57. The number of pyridine rings is 1. The number of methoxy groups -OCH3 is 1. The standard InChI is InChI=1S/C10H8ClF4NO3/c1-18-8(17)3-6-5(4-11)2-7(9(12)16-6)19-10(13,14)15/h2H,3-4H2,1H3. The first-order chi connectivity index (χ1) is 8.76. The van der Waals surface area contributed by atoms with E-state index in [2.05, 4.69) is 14.5 Å². The van der Waals surface area contributed by atoms with Crippen molar-refractivity contribution < 1.29 is 31.8 Å². The molecule has 0 radical (unpaired) electrons. The van der Waals surface area contributed by atoms with Gasteiger partial charge in [0.05, 0.1) is 19.2 Å². The van der Waals surface area contributed by atoms with Crippen molar-refractivity contribution in [3.63, 3.8) is 0 Å². The van der Waals surface area contributed by atoms with Gasteiger partial charge in [-0.05, 0) is 11.6 Å². The van der Waals surface area contributed by atoms with Gasteiger partial charge in [0, 0.05) is 5.88 Å². The van der Waals surface area contributed by atoms with E-state index in [1.54, 1.807) is 0 Å². The van der Waals surface area contributed by atoms with Crippen LogP contribution >= 0.6 is 11.6 Å². The molecule has 1 heterocycles. The van der Waals surface area contributed by atoms with Crippen molar-refractivity contribution in [1.29, 1.82) is 0 Å². The van der Waals surface area contributed by atoms with E-state index in [1.807, 2.05) is 0 Å². The molecule has 1 rings (SSSR count). The Balaban J connectivity index is 3.10. The molecule has 0 fully saturated rings. The molecule has 1 aromatic rings. The average Bonchev–Trinajstić information content (AvgIpc) is 2.30. The van der Waals surface area contributed by atoms with Crippen LogP contribution in [0.2, 0.25) is 0 Å². The maximum atomic E-state index is 13.3. The number of rotatable bonds is 4. The lowest BCUT2D eigenvalue weighted by atomic mass is 10.1. The number of carbonyl (C=O) groups is 1. The number of nitrogens with zero attached hydrogens (tertiary/aromatic N) is 1. The summed E-state index contributed by atoms with van der Waals surface area (Å²) in [6.07, 6.45) is -5.45. The first kappa shape index (κ1) is 15.5. The summed E-state index contributed by atoms with van der Waals surface area (Å²) >= 11 is 5.50. The number of esters is 1. The van der Waals surface area contributed by atoms with E-state index in [0.717, 1.165) is 13.2 Å². The maximum Gasteiger partial charge on any atom is 0.573 e. The fourth-order valence-corrected chi connectivity index (χ4v) is 1.45. The first-order valence-corrected chi connectivity index (χ1v) is 5.37. The van der Waals surface area contributed by atoms with Crippen LogP contribution in [-0.4, -0.2) is 24.4 Å². The summed E-state index contributed by atoms with van der Waals surface area (Å²) < 4.78 is 57.1. The first-order valence-electron chi connectivity index (χ1n) is 4.83. The lowest BCUT2D eigenvalue weighted by molar-refractivity contribution is -0.275. The fraction of sp³-hybridized carbons (Fsp3) is 0.400. The van der Waals surface area contributed by atoms with Crippen LogP contribution in [0.5, 0.6) is 5.75 Å². The highest BCUT2D eigenvalue weighted by molar-refractivity contribution is 6.17. The number of carbonyl (C=O) groups excluding carboxylic acids is 1. The monoisotopic (exact) mass is 301 g/mol. The molecular formula is C10H8ClF4NO3. The zero-order valence-corrected chi connectivity index (χ0v) is 10.3. The third kappa shape index (κ3) is 4.55. The van der Waals surface area contributed by atoms with Crippen LogP contribution < -0.4 is 4.74 Å². The molecule has 106 valence electrons. The van der Waals surface area contributed by atoms with Crippen LogP contribution in [0.15, 0.2) is 6.07 Å². The topological polar surface area (TPSA) is 48.4 Å². The van der Waals surface area contributed by atoms with Gasteiger partial charge in [0.15, 0.2) is 5.75 Å². The minimum absolute atomic E-state index is 0.0488. The Labute approximate surface area is 110 Å². The number of halogens is 5. The molecule has 0 saturated carbocycles. The predicted molar refractivity (Wildman–Crippen MR) is 56.2 cm³/mol. The molecule has 0 N–H and O–H groups in total. The summed E-state index contributed by atoms with van der Waals surface area (Å²) in [5, 5.41) is 0. The smallest absolute Gasteiger partial charge is 0.469 e. The zero-order chi connectivity index (χ0) is 14.6. The van der Waals surface area contributed by atoms with Gasteiger partial charge in [0.25, 0.3) is 5.95 Å². The molecular weight excluding hydrogens is 294 g/mol. The summed E-state index contributed by atoms with van der Waals surface area (Å²) in [7, 11) is 1.11. The van der Waals surface area contributed by atoms with Gasteiger partial charge in [-0.25, -0.2) is 4.98 Å². The van der Waals surface area contributed by atoms with Crippen molar-refractivity contribution in [3.05, 3.63) is 23.3 Å². The van der Waals surface area contributed by atoms with Crippen LogP contribution in [0.3, 0.4) is 0 Å². The molecule has 9 heteroatoms. The minimum atomic E-state index is -5.05. The van der Waals surface area contributed by atoms with Gasteiger partial charge >= 0.3 is 12.3 Å². The molecule has 0 bridgehead atoms. The Kier molecular flexibility index (Phi) is 4.93. The molecule has 0 unspecified atom stereocenters. The van der Waals surface area contributed by atoms with Crippen molar-refractivity contribution in [2.45, 2.75) is 18.7 Å². The number of hydrogen-bond donors (Lipinski definition) is 0. The molecule has 0 spiro atoms. The quantitative estimate of drug-likeness (QED) is 0.371. The van der Waals surface area contributed by atoms with E-state index in [-0.39, 0.29) is 17.1 Å². The SMILES string of the molecule is COC(=O)Cc1nc(F)c(OC(F)(F)F)cc1CCl. The highest BCUT2D eigenvalue weighted by atomic mass is 35.5. The zero-order valence-electron chi connectivity index (χ0n) is 9.55. The van der Waals surface area contributed by atoms with E-state index in [9.17, 15) is 22.4 Å². The van der Waals surface area contributed by atoms with E-state index in [1.165, 1.54) is 0 Å². The van der Waals surface area contributed by atoms with Gasteiger partial charge in [-0.2, -0.15) is 4.39 Å². The van der Waals surface area contributed by atoms with E-state index in [4.69, 9.17) is 11.6 Å². The maximum absolute atomic E-state index is 13.3. The molecule has 0 atom stereocenters. The van der Waals surface area contributed by atoms with Crippen molar-refractivity contribution in [2.75, 3.05) is 7.11 Å². The van der Waals surface area contributed by atoms with Crippen molar-refractivity contribution in [1.82, 2.24) is 4.98 Å². The van der Waals surface area contributed by atoms with Gasteiger partial charge in [0.2, 0.25) is 0 Å². The second kappa shape index (κ2) is 6.05. The van der Waals surface area contributed by atoms with Gasteiger partial charge in [-0.3, -0.25) is 4.79 Å². The van der Waals surface area contributed by atoms with Gasteiger partial charge in [0.1, 0.15) is 0 Å². The van der Waals surface area contributed by atoms with E-state index in [0.29, 0.717) is 0 Å². The number of alkyl halides is 4.